The monoisotopic (exact) mass is 598 g/mol. The van der Waals surface area contributed by atoms with E-state index in [9.17, 15) is 33.6 Å². The van der Waals surface area contributed by atoms with Gasteiger partial charge in [0.15, 0.2) is 6.29 Å². The number of anilines is 1. The van der Waals surface area contributed by atoms with Gasteiger partial charge in [0.1, 0.15) is 35.9 Å². The van der Waals surface area contributed by atoms with Gasteiger partial charge in [0.2, 0.25) is 0 Å². The molecule has 3 aromatic carbocycles. The molecule has 14 heteroatoms. The fourth-order valence-electron chi connectivity index (χ4n) is 3.82. The topological polar surface area (TPSA) is 175 Å². The number of para-hydroxylation sites is 1. The molecule has 0 spiro atoms. The second-order valence-corrected chi connectivity index (χ2v) is 11.1. The van der Waals surface area contributed by atoms with E-state index in [-0.39, 0.29) is 21.2 Å². The molecule has 5 atom stereocenters. The van der Waals surface area contributed by atoms with Crippen LogP contribution in [0.2, 0.25) is 10.0 Å². The number of carbonyl (C=O) groups is 1. The highest BCUT2D eigenvalue weighted by molar-refractivity contribution is 7.92. The number of rotatable bonds is 8. The minimum Gasteiger partial charge on any atom is -0.456 e. The average Bonchev–Trinajstić information content (AvgIpc) is 2.91. The van der Waals surface area contributed by atoms with Crippen molar-refractivity contribution in [2.75, 3.05) is 11.3 Å². The summed E-state index contributed by atoms with van der Waals surface area (Å²) in [5.41, 5.74) is -0.384. The maximum Gasteiger partial charge on any atom is 0.261 e. The Morgan fingerprint density at radius 3 is 2.33 bits per heavy atom. The molecule has 4 rings (SSSR count). The molecular formula is C25H24Cl2N2O9S. The Labute approximate surface area is 233 Å². The molecule has 0 aliphatic carbocycles. The number of sulfonamides is 1. The van der Waals surface area contributed by atoms with Gasteiger partial charge in [-0.15, -0.1) is 0 Å². The minimum absolute atomic E-state index is 0.102. The Morgan fingerprint density at radius 1 is 0.974 bits per heavy atom. The van der Waals surface area contributed by atoms with Gasteiger partial charge in [-0.25, -0.2) is 8.42 Å². The first-order valence-electron chi connectivity index (χ1n) is 11.5. The summed E-state index contributed by atoms with van der Waals surface area (Å²) in [7, 11) is -4.20. The SMILES string of the molecule is O=C(N[C@@H]1[C@@H](O)[C@H](O)[C@@H](CO)O[C@H]1O)c1cc(Cl)ccc1NS(=O)(=O)c1ccc(Oc2ccccc2Cl)cc1. The summed E-state index contributed by atoms with van der Waals surface area (Å²) in [6.07, 6.45) is -6.33. The lowest BCUT2D eigenvalue weighted by Crippen LogP contribution is -2.64. The zero-order chi connectivity index (χ0) is 28.3. The number of hydrogen-bond acceptors (Lipinski definition) is 9. The maximum absolute atomic E-state index is 13.1. The summed E-state index contributed by atoms with van der Waals surface area (Å²) >= 11 is 12.1. The van der Waals surface area contributed by atoms with E-state index in [0.717, 1.165) is 0 Å². The Hall–Kier alpha value is -2.94. The van der Waals surface area contributed by atoms with Gasteiger partial charge in [0.25, 0.3) is 15.9 Å². The van der Waals surface area contributed by atoms with Crippen molar-refractivity contribution in [1.82, 2.24) is 5.32 Å². The molecule has 6 N–H and O–H groups in total. The van der Waals surface area contributed by atoms with Crippen molar-refractivity contribution in [2.45, 2.75) is 35.5 Å². The van der Waals surface area contributed by atoms with Gasteiger partial charge in [-0.1, -0.05) is 35.3 Å². The predicted octanol–water partition coefficient (Wildman–Crippen LogP) is 2.12. The second-order valence-electron chi connectivity index (χ2n) is 8.53. The van der Waals surface area contributed by atoms with Crippen LogP contribution in [0.3, 0.4) is 0 Å². The van der Waals surface area contributed by atoms with Crippen LogP contribution in [0, 0.1) is 0 Å². The van der Waals surface area contributed by atoms with Crippen LogP contribution >= 0.6 is 23.2 Å². The van der Waals surface area contributed by atoms with E-state index in [1.54, 1.807) is 24.3 Å². The Kier molecular flexibility index (Phi) is 8.99. The molecule has 0 aromatic heterocycles. The van der Waals surface area contributed by atoms with Crippen LogP contribution in [0.5, 0.6) is 11.5 Å². The molecule has 0 bridgehead atoms. The number of nitrogens with one attached hydrogen (secondary N) is 2. The van der Waals surface area contributed by atoms with Crippen LogP contribution in [-0.4, -0.2) is 72.0 Å². The lowest BCUT2D eigenvalue weighted by Gasteiger charge is -2.40. The van der Waals surface area contributed by atoms with Crippen molar-refractivity contribution in [3.8, 4) is 11.5 Å². The first kappa shape index (κ1) is 29.1. The molecule has 1 saturated heterocycles. The number of aliphatic hydroxyl groups excluding tert-OH is 4. The number of aliphatic hydroxyl groups is 4. The maximum atomic E-state index is 13.1. The largest absolute Gasteiger partial charge is 0.456 e. The molecule has 39 heavy (non-hydrogen) atoms. The quantitative estimate of drug-likeness (QED) is 0.227. The first-order valence-corrected chi connectivity index (χ1v) is 13.7. The van der Waals surface area contributed by atoms with E-state index in [1.807, 2.05) is 0 Å². The van der Waals surface area contributed by atoms with E-state index in [2.05, 4.69) is 10.0 Å². The predicted molar refractivity (Wildman–Crippen MR) is 141 cm³/mol. The van der Waals surface area contributed by atoms with Crippen LogP contribution < -0.4 is 14.8 Å². The zero-order valence-electron chi connectivity index (χ0n) is 19.9. The number of ether oxygens (including phenoxy) is 2. The number of halogens is 2. The first-order chi connectivity index (χ1) is 18.5. The zero-order valence-corrected chi connectivity index (χ0v) is 22.3. The standard InChI is InChI=1S/C25H24Cl2N2O9S/c26-13-5-10-18(16(11-13)24(33)28-21-23(32)22(31)20(12-30)38-25(21)34)29-39(35,36)15-8-6-14(7-9-15)37-19-4-2-1-3-17(19)27/h1-11,20-23,25,29-32,34H,12H2,(H,28,33)/t20-,21-,22-,23-,25-/m1/s1. The van der Waals surface area contributed by atoms with Crippen LogP contribution in [-0.2, 0) is 14.8 Å². The summed E-state index contributed by atoms with van der Waals surface area (Å²) in [6, 6.07) is 14.6. The Morgan fingerprint density at radius 2 is 1.67 bits per heavy atom. The summed E-state index contributed by atoms with van der Waals surface area (Å²) in [5, 5.41) is 42.6. The Bertz CT molecular complexity index is 1440. The minimum atomic E-state index is -4.20. The van der Waals surface area contributed by atoms with Gasteiger partial charge in [-0.05, 0) is 54.6 Å². The van der Waals surface area contributed by atoms with Crippen molar-refractivity contribution >= 4 is 44.8 Å². The molecule has 3 aromatic rings. The smallest absolute Gasteiger partial charge is 0.261 e. The van der Waals surface area contributed by atoms with Crippen molar-refractivity contribution in [1.29, 1.82) is 0 Å². The third-order valence-corrected chi connectivity index (χ3v) is 7.80. The molecule has 1 aliphatic heterocycles. The van der Waals surface area contributed by atoms with E-state index >= 15 is 0 Å². The lowest BCUT2D eigenvalue weighted by atomic mass is 9.96. The van der Waals surface area contributed by atoms with Gasteiger partial charge < -0.3 is 35.2 Å². The van der Waals surface area contributed by atoms with Gasteiger partial charge in [0.05, 0.1) is 27.8 Å². The highest BCUT2D eigenvalue weighted by Gasteiger charge is 2.44. The lowest BCUT2D eigenvalue weighted by molar-refractivity contribution is -0.252. The summed E-state index contributed by atoms with van der Waals surface area (Å²) in [4.78, 5) is 12.9. The van der Waals surface area contributed by atoms with Crippen LogP contribution in [0.25, 0.3) is 0 Å². The van der Waals surface area contributed by atoms with Crippen molar-refractivity contribution in [3.05, 3.63) is 82.3 Å². The highest BCUT2D eigenvalue weighted by Crippen LogP contribution is 2.30. The van der Waals surface area contributed by atoms with E-state index < -0.39 is 53.2 Å². The fraction of sp³-hybridized carbons (Fsp3) is 0.240. The van der Waals surface area contributed by atoms with Crippen molar-refractivity contribution < 1.29 is 43.1 Å². The van der Waals surface area contributed by atoms with Gasteiger partial charge in [-0.2, -0.15) is 0 Å². The molecule has 0 unspecified atom stereocenters. The molecule has 0 saturated carbocycles. The summed E-state index contributed by atoms with van der Waals surface area (Å²) in [6.45, 7) is -0.677. The van der Waals surface area contributed by atoms with Crippen molar-refractivity contribution in [2.24, 2.45) is 0 Å². The third kappa shape index (κ3) is 6.62. The Balaban J connectivity index is 1.52. The number of benzene rings is 3. The van der Waals surface area contributed by atoms with Crippen LogP contribution in [0.15, 0.2) is 71.6 Å². The molecule has 1 heterocycles. The molecule has 0 radical (unpaired) electrons. The van der Waals surface area contributed by atoms with Crippen LogP contribution in [0.1, 0.15) is 10.4 Å². The normalized spacial score (nSPS) is 23.2. The molecule has 208 valence electrons. The van der Waals surface area contributed by atoms with E-state index in [1.165, 1.54) is 42.5 Å². The van der Waals surface area contributed by atoms with E-state index in [4.69, 9.17) is 32.7 Å². The molecule has 1 aliphatic rings. The summed E-state index contributed by atoms with van der Waals surface area (Å²) in [5.74, 6) is -0.200. The van der Waals surface area contributed by atoms with Crippen LogP contribution in [0.4, 0.5) is 5.69 Å². The van der Waals surface area contributed by atoms with Gasteiger partial charge in [0, 0.05) is 5.02 Å². The average molecular weight is 599 g/mol. The van der Waals surface area contributed by atoms with Crippen molar-refractivity contribution in [3.63, 3.8) is 0 Å². The van der Waals surface area contributed by atoms with E-state index in [0.29, 0.717) is 16.5 Å². The fourth-order valence-corrected chi connectivity index (χ4v) is 5.25. The third-order valence-electron chi connectivity index (χ3n) is 5.87. The second kappa shape index (κ2) is 12.1. The van der Waals surface area contributed by atoms with Gasteiger partial charge in [-0.3, -0.25) is 9.52 Å². The molecule has 11 nitrogen and oxygen atoms in total. The summed E-state index contributed by atoms with van der Waals surface area (Å²) < 4.78 is 39.2. The molecular weight excluding hydrogens is 575 g/mol. The number of amides is 1. The highest BCUT2D eigenvalue weighted by atomic mass is 35.5. The number of carbonyl (C=O) groups excluding carboxylic acids is 1. The van der Waals surface area contributed by atoms with Gasteiger partial charge >= 0.3 is 0 Å². The number of hydrogen-bond donors (Lipinski definition) is 6. The molecule has 1 amide bonds. The molecule has 1 fully saturated rings.